The van der Waals surface area contributed by atoms with Crippen LogP contribution in [0.5, 0.6) is 0 Å². The summed E-state index contributed by atoms with van der Waals surface area (Å²) in [6, 6.07) is 8.44. The van der Waals surface area contributed by atoms with E-state index in [-0.39, 0.29) is 17.4 Å². The van der Waals surface area contributed by atoms with Crippen LogP contribution in [0.15, 0.2) is 29.4 Å². The smallest absolute Gasteiger partial charge is 0.144 e. The van der Waals surface area contributed by atoms with Crippen LogP contribution in [0.1, 0.15) is 37.8 Å². The van der Waals surface area contributed by atoms with E-state index in [4.69, 9.17) is 0 Å². The highest BCUT2D eigenvalue weighted by atomic mass is 16.1. The maximum absolute atomic E-state index is 12.4. The van der Waals surface area contributed by atoms with E-state index in [1.807, 2.05) is 0 Å². The fraction of sp³-hybridized carbons (Fsp3) is 0.500. The van der Waals surface area contributed by atoms with Crippen molar-refractivity contribution in [2.45, 2.75) is 39.7 Å². The zero-order chi connectivity index (χ0) is 13.6. The summed E-state index contributed by atoms with van der Waals surface area (Å²) in [7, 11) is 0. The van der Waals surface area contributed by atoms with Gasteiger partial charge >= 0.3 is 0 Å². The summed E-state index contributed by atoms with van der Waals surface area (Å²) in [6.07, 6.45) is 1.66. The van der Waals surface area contributed by atoms with Crippen molar-refractivity contribution in [1.82, 2.24) is 5.43 Å². The summed E-state index contributed by atoms with van der Waals surface area (Å²) < 4.78 is 0. The average molecular weight is 256 g/mol. The summed E-state index contributed by atoms with van der Waals surface area (Å²) in [4.78, 5) is 12.4. The molecule has 1 aliphatic carbocycles. The van der Waals surface area contributed by atoms with Crippen LogP contribution in [0.2, 0.25) is 0 Å². The molecule has 0 spiro atoms. The lowest BCUT2D eigenvalue weighted by Crippen LogP contribution is -2.45. The van der Waals surface area contributed by atoms with Crippen LogP contribution in [-0.4, -0.2) is 17.5 Å². The van der Waals surface area contributed by atoms with Crippen LogP contribution in [0, 0.1) is 18.3 Å². The third kappa shape index (κ3) is 2.18. The summed E-state index contributed by atoms with van der Waals surface area (Å²) in [5, 5.41) is 4.44. The minimum absolute atomic E-state index is 0.0595. The monoisotopic (exact) mass is 256 g/mol. The highest BCUT2D eigenvalue weighted by molar-refractivity contribution is 6.15. The minimum atomic E-state index is -0.0595. The van der Waals surface area contributed by atoms with Crippen LogP contribution in [0.3, 0.4) is 0 Å². The Balaban J connectivity index is 1.90. The predicted octanol–water partition coefficient (Wildman–Crippen LogP) is 2.68. The van der Waals surface area contributed by atoms with Gasteiger partial charge in [-0.05, 0) is 24.3 Å². The number of nitrogens with one attached hydrogen (secondary N) is 1. The molecule has 1 aromatic carbocycles. The van der Waals surface area contributed by atoms with Crippen LogP contribution < -0.4 is 5.43 Å². The molecule has 1 aliphatic heterocycles. The van der Waals surface area contributed by atoms with Gasteiger partial charge in [0, 0.05) is 6.42 Å². The Kier molecular flexibility index (Phi) is 2.73. The Morgan fingerprint density at radius 3 is 2.63 bits per heavy atom. The third-order valence-electron chi connectivity index (χ3n) is 4.17. The van der Waals surface area contributed by atoms with Crippen molar-refractivity contribution >= 4 is 11.5 Å². The molecule has 0 saturated heterocycles. The van der Waals surface area contributed by atoms with Crippen molar-refractivity contribution in [2.75, 3.05) is 0 Å². The molecule has 3 nitrogen and oxygen atoms in total. The molecule has 19 heavy (non-hydrogen) atoms. The van der Waals surface area contributed by atoms with E-state index in [1.165, 1.54) is 5.56 Å². The molecule has 0 bridgehead atoms. The predicted molar refractivity (Wildman–Crippen MR) is 76.2 cm³/mol. The molecule has 0 unspecified atom stereocenters. The maximum Gasteiger partial charge on any atom is 0.144 e. The van der Waals surface area contributed by atoms with Gasteiger partial charge in [0.15, 0.2) is 0 Å². The van der Waals surface area contributed by atoms with E-state index in [0.29, 0.717) is 12.2 Å². The first-order valence-electron chi connectivity index (χ1n) is 6.89. The van der Waals surface area contributed by atoms with Crippen molar-refractivity contribution in [1.29, 1.82) is 0 Å². The number of Topliss-reactive ketones (excluding diaryl/α,β-unsaturated/α-hetero) is 1. The molecular weight excluding hydrogens is 236 g/mol. The lowest BCUT2D eigenvalue weighted by molar-refractivity contribution is -0.126. The molecule has 1 aromatic rings. The van der Waals surface area contributed by atoms with E-state index in [2.05, 4.69) is 55.6 Å². The number of carbonyl (C=O) groups excluding carboxylic acids is 1. The molecule has 3 rings (SSSR count). The molecule has 1 saturated carbocycles. The normalized spacial score (nSPS) is 28.6. The number of fused-ring (bicyclic) bond motifs is 1. The molecule has 100 valence electrons. The van der Waals surface area contributed by atoms with Crippen LogP contribution >= 0.6 is 0 Å². The Hall–Kier alpha value is -1.64. The van der Waals surface area contributed by atoms with Gasteiger partial charge in [0.1, 0.15) is 5.78 Å². The Bertz CT molecular complexity index is 542. The van der Waals surface area contributed by atoms with Gasteiger partial charge in [-0.15, -0.1) is 0 Å². The van der Waals surface area contributed by atoms with Crippen molar-refractivity contribution in [2.24, 2.45) is 16.4 Å². The highest BCUT2D eigenvalue weighted by Gasteiger charge is 2.46. The number of carbonyl (C=O) groups is 1. The second-order valence-electron chi connectivity index (χ2n) is 6.59. The molecule has 3 heteroatoms. The largest absolute Gasteiger partial charge is 0.306 e. The fourth-order valence-electron chi connectivity index (χ4n) is 3.25. The topological polar surface area (TPSA) is 41.5 Å². The summed E-state index contributed by atoms with van der Waals surface area (Å²) >= 11 is 0. The summed E-state index contributed by atoms with van der Waals surface area (Å²) in [6.45, 7) is 6.38. The number of benzene rings is 1. The molecule has 0 amide bonds. The van der Waals surface area contributed by atoms with E-state index in [0.717, 1.165) is 17.7 Å². The number of nitrogens with zero attached hydrogens (tertiary/aromatic N) is 1. The highest BCUT2D eigenvalue weighted by Crippen LogP contribution is 2.39. The van der Waals surface area contributed by atoms with E-state index < -0.39 is 0 Å². The standard InChI is InChI=1S/C16H20N2O/c1-10-4-6-11(7-5-10)15-14-12(17-18-15)8-16(2,3)9-13(14)19/h4-7,12,14,17H,8-9H2,1-3H3/t12-,14-/m1/s1. The summed E-state index contributed by atoms with van der Waals surface area (Å²) in [5.41, 5.74) is 6.48. The molecule has 0 radical (unpaired) electrons. The van der Waals surface area contributed by atoms with E-state index in [1.54, 1.807) is 0 Å². The maximum atomic E-state index is 12.4. The Morgan fingerprint density at radius 2 is 1.95 bits per heavy atom. The molecule has 1 N–H and O–H groups in total. The van der Waals surface area contributed by atoms with Gasteiger partial charge in [0.05, 0.1) is 17.7 Å². The van der Waals surface area contributed by atoms with E-state index >= 15 is 0 Å². The number of hydrogen-bond acceptors (Lipinski definition) is 3. The van der Waals surface area contributed by atoms with Crippen LogP contribution in [0.4, 0.5) is 0 Å². The van der Waals surface area contributed by atoms with Gasteiger partial charge in [0.25, 0.3) is 0 Å². The number of rotatable bonds is 1. The van der Waals surface area contributed by atoms with Gasteiger partial charge in [-0.1, -0.05) is 43.7 Å². The van der Waals surface area contributed by atoms with Gasteiger partial charge in [0.2, 0.25) is 0 Å². The molecule has 1 heterocycles. The lowest BCUT2D eigenvalue weighted by atomic mass is 9.68. The zero-order valence-electron chi connectivity index (χ0n) is 11.7. The van der Waals surface area contributed by atoms with Gasteiger partial charge < -0.3 is 5.43 Å². The average Bonchev–Trinajstić information content (AvgIpc) is 2.72. The van der Waals surface area contributed by atoms with Crippen molar-refractivity contribution in [3.8, 4) is 0 Å². The van der Waals surface area contributed by atoms with Crippen molar-refractivity contribution in [3.63, 3.8) is 0 Å². The van der Waals surface area contributed by atoms with E-state index in [9.17, 15) is 4.79 Å². The Labute approximate surface area is 114 Å². The minimum Gasteiger partial charge on any atom is -0.306 e. The number of hydrogen-bond donors (Lipinski definition) is 1. The van der Waals surface area contributed by atoms with Crippen molar-refractivity contribution < 1.29 is 4.79 Å². The van der Waals surface area contributed by atoms with Gasteiger partial charge in [-0.25, -0.2) is 0 Å². The number of hydrazone groups is 1. The van der Waals surface area contributed by atoms with Gasteiger partial charge in [-0.3, -0.25) is 4.79 Å². The molecule has 2 aliphatic rings. The first kappa shape index (κ1) is 12.4. The first-order valence-corrected chi connectivity index (χ1v) is 6.89. The lowest BCUT2D eigenvalue weighted by Gasteiger charge is -2.36. The SMILES string of the molecule is Cc1ccc(C2=NN[C@@H]3CC(C)(C)CC(=O)[C@H]23)cc1. The quantitative estimate of drug-likeness (QED) is 0.839. The van der Waals surface area contributed by atoms with Crippen LogP contribution in [-0.2, 0) is 4.79 Å². The molecule has 0 aromatic heterocycles. The first-order chi connectivity index (χ1) is 8.96. The molecule has 2 atom stereocenters. The second kappa shape index (κ2) is 4.19. The third-order valence-corrected chi connectivity index (χ3v) is 4.17. The fourth-order valence-corrected chi connectivity index (χ4v) is 3.25. The molecular formula is C16H20N2O. The second-order valence-corrected chi connectivity index (χ2v) is 6.59. The Morgan fingerprint density at radius 1 is 1.26 bits per heavy atom. The number of ketones is 1. The molecule has 1 fully saturated rings. The van der Waals surface area contributed by atoms with Crippen molar-refractivity contribution in [3.05, 3.63) is 35.4 Å². The number of aryl methyl sites for hydroxylation is 1. The van der Waals surface area contributed by atoms with Gasteiger partial charge in [-0.2, -0.15) is 5.10 Å². The van der Waals surface area contributed by atoms with Crippen LogP contribution in [0.25, 0.3) is 0 Å². The zero-order valence-corrected chi connectivity index (χ0v) is 11.7. The summed E-state index contributed by atoms with van der Waals surface area (Å²) in [5.74, 6) is 0.265.